The monoisotopic (exact) mass is 278 g/mol. The highest BCUT2D eigenvalue weighted by Crippen LogP contribution is 2.21. The number of carbonyl (C=O) groups excluding carboxylic acids is 1. The molecule has 0 spiro atoms. The number of ether oxygens (including phenoxy) is 2. The van der Waals surface area contributed by atoms with E-state index >= 15 is 0 Å². The predicted molar refractivity (Wildman–Crippen MR) is 77.7 cm³/mol. The van der Waals surface area contributed by atoms with Crippen LogP contribution in [0.3, 0.4) is 0 Å². The number of nitrogens with zero attached hydrogens (tertiary/aromatic N) is 1. The second-order valence-electron chi connectivity index (χ2n) is 6.02. The molecule has 0 aromatic heterocycles. The molecule has 1 aromatic carbocycles. The van der Waals surface area contributed by atoms with Gasteiger partial charge in [0.05, 0.1) is 6.54 Å². The van der Waals surface area contributed by atoms with Crippen LogP contribution in [0.15, 0.2) is 24.3 Å². The van der Waals surface area contributed by atoms with Gasteiger partial charge in [-0.3, -0.25) is 0 Å². The molecule has 1 atom stereocenters. The average Bonchev–Trinajstić information content (AvgIpc) is 2.79. The quantitative estimate of drug-likeness (QED) is 0.845. The van der Waals surface area contributed by atoms with Crippen LogP contribution in [0.25, 0.3) is 0 Å². The number of rotatable bonds is 2. The number of hydrogen-bond donors (Lipinski definition) is 1. The lowest BCUT2D eigenvalue weighted by atomic mass is 10.2. The molecule has 0 saturated carbocycles. The molecule has 5 nitrogen and oxygen atoms in total. The van der Waals surface area contributed by atoms with E-state index in [0.29, 0.717) is 18.8 Å². The van der Waals surface area contributed by atoms with Crippen molar-refractivity contribution in [1.29, 1.82) is 0 Å². The van der Waals surface area contributed by atoms with Gasteiger partial charge < -0.3 is 20.1 Å². The summed E-state index contributed by atoms with van der Waals surface area (Å²) in [4.78, 5) is 13.6. The van der Waals surface area contributed by atoms with Crippen LogP contribution in [0.4, 0.5) is 10.5 Å². The molecule has 0 aliphatic carbocycles. The topological polar surface area (TPSA) is 64.8 Å². The molecular weight excluding hydrogens is 256 g/mol. The zero-order chi connectivity index (χ0) is 14.8. The fourth-order valence-corrected chi connectivity index (χ4v) is 2.06. The molecule has 1 aromatic rings. The maximum absolute atomic E-state index is 11.9. The third kappa shape index (κ3) is 4.05. The van der Waals surface area contributed by atoms with E-state index in [9.17, 15) is 4.79 Å². The van der Waals surface area contributed by atoms with Crippen molar-refractivity contribution in [2.75, 3.05) is 18.8 Å². The van der Waals surface area contributed by atoms with Crippen molar-refractivity contribution in [3.05, 3.63) is 24.3 Å². The summed E-state index contributed by atoms with van der Waals surface area (Å²) in [7, 11) is 0. The first kappa shape index (κ1) is 14.5. The molecule has 0 radical (unpaired) electrons. The van der Waals surface area contributed by atoms with E-state index in [1.54, 1.807) is 17.0 Å². The number of carbonyl (C=O) groups is 1. The first-order valence-electron chi connectivity index (χ1n) is 6.83. The zero-order valence-electron chi connectivity index (χ0n) is 12.3. The zero-order valence-corrected chi connectivity index (χ0v) is 12.3. The van der Waals surface area contributed by atoms with E-state index in [0.717, 1.165) is 12.2 Å². The van der Waals surface area contributed by atoms with Gasteiger partial charge in [-0.15, -0.1) is 0 Å². The molecule has 1 saturated heterocycles. The summed E-state index contributed by atoms with van der Waals surface area (Å²) < 4.78 is 11.2. The number of amides is 1. The molecule has 1 amide bonds. The van der Waals surface area contributed by atoms with Gasteiger partial charge in [0.2, 0.25) is 0 Å². The van der Waals surface area contributed by atoms with E-state index in [1.807, 2.05) is 32.9 Å². The van der Waals surface area contributed by atoms with Gasteiger partial charge >= 0.3 is 6.09 Å². The standard InChI is InChI=1S/C15H22N2O3/c1-15(2,3)20-14(18)17-9-8-13(10-17)19-12-6-4-11(16)5-7-12/h4-7,13H,8-10,16H2,1-3H3/t13-/m1/s1. The number of hydrogen-bond acceptors (Lipinski definition) is 4. The van der Waals surface area contributed by atoms with Crippen molar-refractivity contribution < 1.29 is 14.3 Å². The number of benzene rings is 1. The van der Waals surface area contributed by atoms with Crippen LogP contribution in [-0.2, 0) is 4.74 Å². The van der Waals surface area contributed by atoms with E-state index in [2.05, 4.69) is 0 Å². The fraction of sp³-hybridized carbons (Fsp3) is 0.533. The van der Waals surface area contributed by atoms with Crippen molar-refractivity contribution in [3.63, 3.8) is 0 Å². The Kier molecular flexibility index (Phi) is 4.06. The van der Waals surface area contributed by atoms with Gasteiger partial charge in [-0.05, 0) is 45.0 Å². The van der Waals surface area contributed by atoms with Gasteiger partial charge in [-0.1, -0.05) is 0 Å². The lowest BCUT2D eigenvalue weighted by Gasteiger charge is -2.24. The average molecular weight is 278 g/mol. The molecule has 0 bridgehead atoms. The summed E-state index contributed by atoms with van der Waals surface area (Å²) in [5, 5.41) is 0. The summed E-state index contributed by atoms with van der Waals surface area (Å²) in [6.07, 6.45) is 0.538. The molecule has 1 fully saturated rings. The van der Waals surface area contributed by atoms with E-state index in [1.165, 1.54) is 0 Å². The molecular formula is C15H22N2O3. The predicted octanol–water partition coefficient (Wildman–Crippen LogP) is 2.66. The first-order valence-corrected chi connectivity index (χ1v) is 6.83. The first-order chi connectivity index (χ1) is 9.33. The van der Waals surface area contributed by atoms with E-state index < -0.39 is 5.60 Å². The van der Waals surface area contributed by atoms with E-state index in [4.69, 9.17) is 15.2 Å². The highest BCUT2D eigenvalue weighted by atomic mass is 16.6. The minimum Gasteiger partial charge on any atom is -0.489 e. The summed E-state index contributed by atoms with van der Waals surface area (Å²) in [5.41, 5.74) is 5.87. The molecule has 2 rings (SSSR count). The Morgan fingerprint density at radius 3 is 2.55 bits per heavy atom. The van der Waals surface area contributed by atoms with Crippen LogP contribution in [0.5, 0.6) is 5.75 Å². The Morgan fingerprint density at radius 1 is 1.30 bits per heavy atom. The Hall–Kier alpha value is -1.91. The van der Waals surface area contributed by atoms with Crippen molar-refractivity contribution in [2.24, 2.45) is 0 Å². The van der Waals surface area contributed by atoms with Crippen molar-refractivity contribution in [3.8, 4) is 5.75 Å². The van der Waals surface area contributed by atoms with E-state index in [-0.39, 0.29) is 12.2 Å². The minimum atomic E-state index is -0.465. The van der Waals surface area contributed by atoms with Crippen LogP contribution in [0.2, 0.25) is 0 Å². The second-order valence-corrected chi connectivity index (χ2v) is 6.02. The summed E-state index contributed by atoms with van der Waals surface area (Å²) in [6.45, 7) is 6.81. The third-order valence-corrected chi connectivity index (χ3v) is 2.98. The molecule has 20 heavy (non-hydrogen) atoms. The number of nitrogens with two attached hydrogens (primary N) is 1. The highest BCUT2D eigenvalue weighted by Gasteiger charge is 2.30. The number of likely N-dealkylation sites (tertiary alicyclic amines) is 1. The Labute approximate surface area is 119 Å². The lowest BCUT2D eigenvalue weighted by Crippen LogP contribution is -2.36. The number of nitrogen functional groups attached to an aromatic ring is 1. The van der Waals surface area contributed by atoms with Gasteiger partial charge in [0, 0.05) is 18.7 Å². The Balaban J connectivity index is 1.86. The normalized spacial score (nSPS) is 18.9. The third-order valence-electron chi connectivity index (χ3n) is 2.98. The SMILES string of the molecule is CC(C)(C)OC(=O)N1CC[C@@H](Oc2ccc(N)cc2)C1. The Bertz CT molecular complexity index is 465. The van der Waals surface area contributed by atoms with Crippen LogP contribution in [-0.4, -0.2) is 35.8 Å². The van der Waals surface area contributed by atoms with Crippen LogP contribution < -0.4 is 10.5 Å². The Morgan fingerprint density at radius 2 is 1.95 bits per heavy atom. The molecule has 1 aliphatic rings. The van der Waals surface area contributed by atoms with Gasteiger partial charge in [0.25, 0.3) is 0 Å². The molecule has 5 heteroatoms. The largest absolute Gasteiger partial charge is 0.489 e. The minimum absolute atomic E-state index is 0.00569. The molecule has 1 aliphatic heterocycles. The van der Waals surface area contributed by atoms with Crippen molar-refractivity contribution >= 4 is 11.8 Å². The number of anilines is 1. The molecule has 2 N–H and O–H groups in total. The van der Waals surface area contributed by atoms with Crippen LogP contribution in [0.1, 0.15) is 27.2 Å². The van der Waals surface area contributed by atoms with Crippen molar-refractivity contribution in [1.82, 2.24) is 4.90 Å². The molecule has 110 valence electrons. The summed E-state index contributed by atoms with van der Waals surface area (Å²) in [6, 6.07) is 7.28. The van der Waals surface area contributed by atoms with Gasteiger partial charge in [-0.2, -0.15) is 0 Å². The lowest BCUT2D eigenvalue weighted by molar-refractivity contribution is 0.0275. The van der Waals surface area contributed by atoms with Crippen LogP contribution >= 0.6 is 0 Å². The molecule has 0 unspecified atom stereocenters. The fourth-order valence-electron chi connectivity index (χ4n) is 2.06. The summed E-state index contributed by atoms with van der Waals surface area (Å²) >= 11 is 0. The van der Waals surface area contributed by atoms with Gasteiger partial charge in [0.1, 0.15) is 17.5 Å². The van der Waals surface area contributed by atoms with Crippen molar-refractivity contribution in [2.45, 2.75) is 38.9 Å². The van der Waals surface area contributed by atoms with Crippen LogP contribution in [0, 0.1) is 0 Å². The summed E-state index contributed by atoms with van der Waals surface area (Å²) in [5.74, 6) is 0.773. The second kappa shape index (κ2) is 5.61. The highest BCUT2D eigenvalue weighted by molar-refractivity contribution is 5.68. The van der Waals surface area contributed by atoms with Gasteiger partial charge in [-0.25, -0.2) is 4.79 Å². The maximum Gasteiger partial charge on any atom is 0.410 e. The maximum atomic E-state index is 11.9. The molecule has 1 heterocycles. The van der Waals surface area contributed by atoms with Gasteiger partial charge in [0.15, 0.2) is 0 Å². The smallest absolute Gasteiger partial charge is 0.410 e.